The Morgan fingerprint density at radius 2 is 2.00 bits per heavy atom. The monoisotopic (exact) mass is 187 g/mol. The van der Waals surface area contributed by atoms with Gasteiger partial charge >= 0.3 is 0 Å². The van der Waals surface area contributed by atoms with Crippen LogP contribution >= 0.6 is 0 Å². The third kappa shape index (κ3) is 2.67. The second-order valence-electron chi connectivity index (χ2n) is 3.02. The molecule has 0 spiro atoms. The van der Waals surface area contributed by atoms with Crippen molar-refractivity contribution in [1.29, 1.82) is 0 Å². The molecule has 0 aromatic rings. The highest BCUT2D eigenvalue weighted by Crippen LogP contribution is 2.23. The highest BCUT2D eigenvalue weighted by atomic mass is 16.7. The summed E-state index contributed by atoms with van der Waals surface area (Å²) in [5.74, 6) is 0.0920. The lowest BCUT2D eigenvalue weighted by Gasteiger charge is -2.16. The van der Waals surface area contributed by atoms with Crippen molar-refractivity contribution in [2.24, 2.45) is 0 Å². The van der Waals surface area contributed by atoms with Crippen molar-refractivity contribution < 1.29 is 14.3 Å². The van der Waals surface area contributed by atoms with Gasteiger partial charge in [-0.3, -0.25) is 4.79 Å². The van der Waals surface area contributed by atoms with Gasteiger partial charge in [-0.1, -0.05) is 0 Å². The van der Waals surface area contributed by atoms with Crippen LogP contribution in [-0.4, -0.2) is 42.9 Å². The van der Waals surface area contributed by atoms with Gasteiger partial charge in [-0.05, 0) is 13.8 Å². The molecule has 1 unspecified atom stereocenters. The SMILES string of the molecule is CCOC(OCC)C1CN1C(C)=O. The predicted octanol–water partition coefficient (Wildman–Crippen LogP) is 0.616. The van der Waals surface area contributed by atoms with Crippen molar-refractivity contribution in [2.45, 2.75) is 33.1 Å². The van der Waals surface area contributed by atoms with Gasteiger partial charge in [0.05, 0.1) is 0 Å². The minimum Gasteiger partial charge on any atom is -0.351 e. The standard InChI is InChI=1S/C9H17NO3/c1-4-12-9(13-5-2)8-6-10(8)7(3)11/h8-9H,4-6H2,1-3H3. The molecule has 0 aliphatic carbocycles. The maximum atomic E-state index is 10.9. The number of hydrogen-bond acceptors (Lipinski definition) is 3. The summed E-state index contributed by atoms with van der Waals surface area (Å²) in [6.07, 6.45) is -0.237. The number of nitrogens with zero attached hydrogens (tertiary/aromatic N) is 1. The van der Waals surface area contributed by atoms with Gasteiger partial charge in [-0.25, -0.2) is 0 Å². The van der Waals surface area contributed by atoms with Gasteiger partial charge in [0.1, 0.15) is 6.04 Å². The van der Waals surface area contributed by atoms with Crippen molar-refractivity contribution in [3.8, 4) is 0 Å². The number of hydrogen-bond donors (Lipinski definition) is 0. The van der Waals surface area contributed by atoms with Gasteiger partial charge in [0.15, 0.2) is 6.29 Å². The van der Waals surface area contributed by atoms with Crippen LogP contribution < -0.4 is 0 Å². The molecule has 1 amide bonds. The molecule has 13 heavy (non-hydrogen) atoms. The largest absolute Gasteiger partial charge is 0.351 e. The second-order valence-corrected chi connectivity index (χ2v) is 3.02. The predicted molar refractivity (Wildman–Crippen MR) is 48.2 cm³/mol. The van der Waals surface area contributed by atoms with Crippen LogP contribution in [0.1, 0.15) is 20.8 Å². The summed E-state index contributed by atoms with van der Waals surface area (Å²) in [5.41, 5.74) is 0. The third-order valence-corrected chi connectivity index (χ3v) is 2.03. The van der Waals surface area contributed by atoms with Crippen molar-refractivity contribution in [3.05, 3.63) is 0 Å². The summed E-state index contributed by atoms with van der Waals surface area (Å²) < 4.78 is 10.7. The van der Waals surface area contributed by atoms with E-state index in [1.54, 1.807) is 11.8 Å². The second kappa shape index (κ2) is 4.58. The molecule has 0 aromatic carbocycles. The number of carbonyl (C=O) groups is 1. The molecule has 0 saturated carbocycles. The van der Waals surface area contributed by atoms with Crippen molar-refractivity contribution in [2.75, 3.05) is 19.8 Å². The minimum atomic E-state index is -0.237. The maximum absolute atomic E-state index is 10.9. The Morgan fingerprint density at radius 1 is 1.46 bits per heavy atom. The average Bonchev–Trinajstić information content (AvgIpc) is 2.82. The zero-order valence-electron chi connectivity index (χ0n) is 8.45. The van der Waals surface area contributed by atoms with Crippen LogP contribution in [0.4, 0.5) is 0 Å². The molecule has 1 atom stereocenters. The molecular weight excluding hydrogens is 170 g/mol. The average molecular weight is 187 g/mol. The van der Waals surface area contributed by atoms with Crippen LogP contribution in [0.15, 0.2) is 0 Å². The molecule has 4 nitrogen and oxygen atoms in total. The Morgan fingerprint density at radius 3 is 2.31 bits per heavy atom. The molecule has 76 valence electrons. The van der Waals surface area contributed by atoms with E-state index in [0.717, 1.165) is 6.54 Å². The summed E-state index contributed by atoms with van der Waals surface area (Å²) in [5, 5.41) is 0. The third-order valence-electron chi connectivity index (χ3n) is 2.03. The van der Waals surface area contributed by atoms with Crippen LogP contribution in [0.25, 0.3) is 0 Å². The Labute approximate surface area is 78.8 Å². The molecule has 4 heteroatoms. The van der Waals surface area contributed by atoms with E-state index in [2.05, 4.69) is 0 Å². The molecule has 1 aliphatic rings. The summed E-state index contributed by atoms with van der Waals surface area (Å²) in [6, 6.07) is 0.136. The normalized spacial score (nSPS) is 20.9. The molecular formula is C9H17NO3. The van der Waals surface area contributed by atoms with E-state index in [1.165, 1.54) is 0 Å². The molecule has 1 heterocycles. The topological polar surface area (TPSA) is 38.5 Å². The molecule has 0 bridgehead atoms. The molecule has 1 rings (SSSR count). The fraction of sp³-hybridized carbons (Fsp3) is 0.889. The van der Waals surface area contributed by atoms with E-state index >= 15 is 0 Å². The summed E-state index contributed by atoms with van der Waals surface area (Å²) >= 11 is 0. The Hall–Kier alpha value is -0.610. The quantitative estimate of drug-likeness (QED) is 0.467. The highest BCUT2D eigenvalue weighted by Gasteiger charge is 2.43. The van der Waals surface area contributed by atoms with Crippen LogP contribution in [-0.2, 0) is 14.3 Å². The van der Waals surface area contributed by atoms with E-state index in [0.29, 0.717) is 13.2 Å². The molecule has 0 aromatic heterocycles. The van der Waals surface area contributed by atoms with Gasteiger partial charge in [0.2, 0.25) is 5.91 Å². The first-order chi connectivity index (χ1) is 6.20. The highest BCUT2D eigenvalue weighted by molar-refractivity contribution is 5.76. The molecule has 1 saturated heterocycles. The number of ether oxygens (including phenoxy) is 2. The van der Waals surface area contributed by atoms with Crippen molar-refractivity contribution in [3.63, 3.8) is 0 Å². The lowest BCUT2D eigenvalue weighted by Crippen LogP contribution is -2.27. The Bertz CT molecular complexity index is 178. The van der Waals surface area contributed by atoms with Gasteiger partial charge in [-0.2, -0.15) is 0 Å². The maximum Gasteiger partial charge on any atom is 0.220 e. The van der Waals surface area contributed by atoms with E-state index in [4.69, 9.17) is 9.47 Å². The smallest absolute Gasteiger partial charge is 0.220 e. The number of amides is 1. The first-order valence-corrected chi connectivity index (χ1v) is 4.71. The minimum absolute atomic E-state index is 0.0920. The van der Waals surface area contributed by atoms with Gasteiger partial charge < -0.3 is 14.4 Å². The van der Waals surface area contributed by atoms with Gasteiger partial charge in [-0.15, -0.1) is 0 Å². The van der Waals surface area contributed by atoms with E-state index < -0.39 is 0 Å². The van der Waals surface area contributed by atoms with Crippen molar-refractivity contribution in [1.82, 2.24) is 4.90 Å². The summed E-state index contributed by atoms with van der Waals surface area (Å²) in [7, 11) is 0. The van der Waals surface area contributed by atoms with Crippen LogP contribution in [0.2, 0.25) is 0 Å². The van der Waals surface area contributed by atoms with Crippen molar-refractivity contribution >= 4 is 5.91 Å². The summed E-state index contributed by atoms with van der Waals surface area (Å²) in [4.78, 5) is 12.7. The first-order valence-electron chi connectivity index (χ1n) is 4.71. The zero-order chi connectivity index (χ0) is 9.84. The van der Waals surface area contributed by atoms with E-state index in [1.807, 2.05) is 13.8 Å². The molecule has 0 N–H and O–H groups in total. The Kier molecular flexibility index (Phi) is 3.69. The van der Waals surface area contributed by atoms with Gasteiger partial charge in [0, 0.05) is 26.7 Å². The fourth-order valence-corrected chi connectivity index (χ4v) is 1.35. The zero-order valence-corrected chi connectivity index (χ0v) is 8.45. The lowest BCUT2D eigenvalue weighted by molar-refractivity contribution is -0.147. The lowest BCUT2D eigenvalue weighted by atomic mass is 10.4. The summed E-state index contributed by atoms with van der Waals surface area (Å²) in [6.45, 7) is 7.41. The number of rotatable bonds is 5. The van der Waals surface area contributed by atoms with E-state index in [-0.39, 0.29) is 18.2 Å². The number of carbonyl (C=O) groups excluding carboxylic acids is 1. The molecule has 0 radical (unpaired) electrons. The molecule has 1 aliphatic heterocycles. The molecule has 1 fully saturated rings. The van der Waals surface area contributed by atoms with Gasteiger partial charge in [0.25, 0.3) is 0 Å². The first kappa shape index (κ1) is 10.5. The fourth-order valence-electron chi connectivity index (χ4n) is 1.35. The van der Waals surface area contributed by atoms with Crippen LogP contribution in [0, 0.1) is 0 Å². The van der Waals surface area contributed by atoms with Crippen LogP contribution in [0.3, 0.4) is 0 Å². The Balaban J connectivity index is 2.35. The van der Waals surface area contributed by atoms with Crippen LogP contribution in [0.5, 0.6) is 0 Å². The van der Waals surface area contributed by atoms with E-state index in [9.17, 15) is 4.79 Å².